The minimum Gasteiger partial charge on any atom is -0.378 e. The summed E-state index contributed by atoms with van der Waals surface area (Å²) in [6, 6.07) is 8.13. The van der Waals surface area contributed by atoms with Gasteiger partial charge >= 0.3 is 0 Å². The second-order valence-electron chi connectivity index (χ2n) is 4.19. The molecule has 0 unspecified atom stereocenters. The van der Waals surface area contributed by atoms with E-state index in [9.17, 15) is 14.9 Å². The molecule has 0 bridgehead atoms. The van der Waals surface area contributed by atoms with Gasteiger partial charge in [0.05, 0.1) is 13.6 Å². The van der Waals surface area contributed by atoms with E-state index < -0.39 is 4.92 Å². The highest BCUT2D eigenvalue weighted by Gasteiger charge is 2.13. The summed E-state index contributed by atoms with van der Waals surface area (Å²) in [7, 11) is 0. The van der Waals surface area contributed by atoms with E-state index in [1.807, 2.05) is 0 Å². The molecule has 9 heteroatoms. The molecule has 0 fully saturated rings. The topological polar surface area (TPSA) is 84.3 Å². The van der Waals surface area contributed by atoms with Crippen molar-refractivity contribution in [3.05, 3.63) is 53.6 Å². The van der Waals surface area contributed by atoms with E-state index in [-0.39, 0.29) is 11.6 Å². The number of benzene rings is 1. The van der Waals surface area contributed by atoms with Crippen LogP contribution in [-0.4, -0.2) is 23.9 Å². The number of amides is 1. The van der Waals surface area contributed by atoms with Gasteiger partial charge < -0.3 is 10.6 Å². The second-order valence-corrected chi connectivity index (χ2v) is 7.41. The minimum absolute atomic E-state index is 0.0138. The third-order valence-corrected chi connectivity index (χ3v) is 5.95. The summed E-state index contributed by atoms with van der Waals surface area (Å²) >= 11 is 7.99. The number of nitrogens with zero attached hydrogens (tertiary/aromatic N) is 1. The number of thiophene rings is 1. The number of nitro benzene ring substituents is 1. The average molecular weight is 449 g/mol. The summed E-state index contributed by atoms with van der Waals surface area (Å²) in [5, 5.41) is 16.6. The first kappa shape index (κ1) is 16.9. The van der Waals surface area contributed by atoms with Gasteiger partial charge in [0.2, 0.25) is 0 Å². The van der Waals surface area contributed by atoms with Crippen molar-refractivity contribution in [3.8, 4) is 0 Å². The maximum atomic E-state index is 11.9. The van der Waals surface area contributed by atoms with Crippen LogP contribution in [0.5, 0.6) is 0 Å². The molecule has 22 heavy (non-hydrogen) atoms. The molecular formula is C13H11Br2N3O3S. The first-order valence-electron chi connectivity index (χ1n) is 6.19. The zero-order chi connectivity index (χ0) is 16.1. The molecule has 2 rings (SSSR count). The molecule has 6 nitrogen and oxygen atoms in total. The van der Waals surface area contributed by atoms with Crippen LogP contribution in [0.3, 0.4) is 0 Å². The van der Waals surface area contributed by atoms with Crippen LogP contribution in [0.4, 0.5) is 11.4 Å². The van der Waals surface area contributed by atoms with Gasteiger partial charge in [-0.3, -0.25) is 14.9 Å². The number of hydrogen-bond acceptors (Lipinski definition) is 5. The van der Waals surface area contributed by atoms with Gasteiger partial charge in [0.15, 0.2) is 0 Å². The van der Waals surface area contributed by atoms with E-state index in [2.05, 4.69) is 42.5 Å². The third-order valence-electron chi connectivity index (χ3n) is 2.70. The normalized spacial score (nSPS) is 10.3. The first-order chi connectivity index (χ1) is 10.5. The van der Waals surface area contributed by atoms with Crippen LogP contribution in [-0.2, 0) is 0 Å². The number of carbonyl (C=O) groups is 1. The summed E-state index contributed by atoms with van der Waals surface area (Å²) in [5.74, 6) is -0.180. The quantitative estimate of drug-likeness (QED) is 0.397. The van der Waals surface area contributed by atoms with Gasteiger partial charge in [-0.2, -0.15) is 0 Å². The Bertz CT molecular complexity index is 686. The highest BCUT2D eigenvalue weighted by atomic mass is 79.9. The minimum atomic E-state index is -0.443. The van der Waals surface area contributed by atoms with Crippen LogP contribution in [0.25, 0.3) is 0 Å². The number of nitrogens with one attached hydrogen (secondary N) is 2. The Labute approximate surface area is 147 Å². The smallest absolute Gasteiger partial charge is 0.292 e. The summed E-state index contributed by atoms with van der Waals surface area (Å²) in [6.45, 7) is 0.752. The van der Waals surface area contributed by atoms with Crippen LogP contribution < -0.4 is 10.6 Å². The molecule has 0 saturated heterocycles. The van der Waals surface area contributed by atoms with Crippen LogP contribution in [0.2, 0.25) is 0 Å². The Morgan fingerprint density at radius 1 is 1.27 bits per heavy atom. The van der Waals surface area contributed by atoms with Crippen LogP contribution in [0.1, 0.15) is 9.67 Å². The van der Waals surface area contributed by atoms with Crippen molar-refractivity contribution in [3.63, 3.8) is 0 Å². The van der Waals surface area contributed by atoms with Crippen molar-refractivity contribution in [1.82, 2.24) is 5.32 Å². The Hall–Kier alpha value is -1.45. The molecule has 0 radical (unpaired) electrons. The van der Waals surface area contributed by atoms with Crippen LogP contribution in [0, 0.1) is 10.1 Å². The third kappa shape index (κ3) is 4.28. The number of anilines is 1. The van der Waals surface area contributed by atoms with Gasteiger partial charge in [-0.25, -0.2) is 0 Å². The lowest BCUT2D eigenvalue weighted by Gasteiger charge is -2.07. The van der Waals surface area contributed by atoms with Crippen molar-refractivity contribution in [2.24, 2.45) is 0 Å². The molecule has 1 heterocycles. The van der Waals surface area contributed by atoms with Gasteiger partial charge in [0.25, 0.3) is 11.6 Å². The van der Waals surface area contributed by atoms with E-state index in [0.717, 1.165) is 8.26 Å². The second kappa shape index (κ2) is 7.70. The highest BCUT2D eigenvalue weighted by molar-refractivity contribution is 9.13. The number of para-hydroxylation sites is 2. The number of halogens is 2. The molecule has 1 aromatic carbocycles. The van der Waals surface area contributed by atoms with Gasteiger partial charge in [-0.15, -0.1) is 11.3 Å². The molecule has 0 atom stereocenters. The van der Waals surface area contributed by atoms with Gasteiger partial charge in [-0.1, -0.05) is 12.1 Å². The molecule has 0 aliphatic rings. The summed E-state index contributed by atoms with van der Waals surface area (Å²) in [6.07, 6.45) is 0. The molecule has 0 saturated carbocycles. The van der Waals surface area contributed by atoms with Gasteiger partial charge in [0, 0.05) is 23.6 Å². The molecular weight excluding hydrogens is 438 g/mol. The first-order valence-corrected chi connectivity index (χ1v) is 8.59. The maximum absolute atomic E-state index is 11.9. The lowest BCUT2D eigenvalue weighted by molar-refractivity contribution is -0.384. The standard InChI is InChI=1S/C13H11Br2N3O3S/c14-8-7-11(22-12(8)15)13(19)17-6-5-16-9-3-1-2-4-10(9)18(20)21/h1-4,7,16H,5-6H2,(H,17,19). The van der Waals surface area contributed by atoms with E-state index >= 15 is 0 Å². The Morgan fingerprint density at radius 3 is 2.64 bits per heavy atom. The molecule has 2 aromatic rings. The summed E-state index contributed by atoms with van der Waals surface area (Å²) in [4.78, 5) is 22.9. The van der Waals surface area contributed by atoms with Crippen molar-refractivity contribution >= 4 is 60.5 Å². The van der Waals surface area contributed by atoms with E-state index in [1.54, 1.807) is 24.3 Å². The monoisotopic (exact) mass is 447 g/mol. The van der Waals surface area contributed by atoms with Crippen molar-refractivity contribution < 1.29 is 9.72 Å². The van der Waals surface area contributed by atoms with E-state index in [4.69, 9.17) is 0 Å². The predicted molar refractivity (Wildman–Crippen MR) is 93.6 cm³/mol. The zero-order valence-corrected chi connectivity index (χ0v) is 15.1. The predicted octanol–water partition coefficient (Wildman–Crippen LogP) is 4.02. The fourth-order valence-corrected chi connectivity index (χ4v) is 3.65. The number of rotatable bonds is 6. The Morgan fingerprint density at radius 2 is 2.00 bits per heavy atom. The molecule has 116 valence electrons. The highest BCUT2D eigenvalue weighted by Crippen LogP contribution is 2.32. The van der Waals surface area contributed by atoms with Crippen molar-refractivity contribution in [1.29, 1.82) is 0 Å². The van der Waals surface area contributed by atoms with Gasteiger partial charge in [0.1, 0.15) is 5.69 Å². The fourth-order valence-electron chi connectivity index (χ4n) is 1.70. The molecule has 0 aliphatic heterocycles. The Kier molecular flexibility index (Phi) is 5.92. The van der Waals surface area contributed by atoms with Crippen molar-refractivity contribution in [2.75, 3.05) is 18.4 Å². The van der Waals surface area contributed by atoms with Crippen LogP contribution in [0.15, 0.2) is 38.6 Å². The molecule has 1 amide bonds. The molecule has 0 aliphatic carbocycles. The van der Waals surface area contributed by atoms with E-state index in [1.165, 1.54) is 17.4 Å². The summed E-state index contributed by atoms with van der Waals surface area (Å²) < 4.78 is 1.69. The molecule has 0 spiro atoms. The SMILES string of the molecule is O=C(NCCNc1ccccc1[N+](=O)[O-])c1cc(Br)c(Br)s1. The number of carbonyl (C=O) groups excluding carboxylic acids is 1. The van der Waals surface area contributed by atoms with Crippen molar-refractivity contribution in [2.45, 2.75) is 0 Å². The number of nitro groups is 1. The maximum Gasteiger partial charge on any atom is 0.292 e. The fraction of sp³-hybridized carbons (Fsp3) is 0.154. The summed E-state index contributed by atoms with van der Waals surface area (Å²) in [5.41, 5.74) is 0.448. The van der Waals surface area contributed by atoms with E-state index in [0.29, 0.717) is 23.7 Å². The zero-order valence-electron chi connectivity index (χ0n) is 11.1. The molecule has 1 aromatic heterocycles. The van der Waals surface area contributed by atoms with Crippen LogP contribution >= 0.6 is 43.2 Å². The lowest BCUT2D eigenvalue weighted by Crippen LogP contribution is -2.28. The Balaban J connectivity index is 1.85. The lowest BCUT2D eigenvalue weighted by atomic mass is 10.2. The average Bonchev–Trinajstić information content (AvgIpc) is 2.83. The molecule has 2 N–H and O–H groups in total. The van der Waals surface area contributed by atoms with Gasteiger partial charge in [-0.05, 0) is 44.0 Å². The largest absolute Gasteiger partial charge is 0.378 e. The number of hydrogen-bond donors (Lipinski definition) is 2.